The molecule has 3 N–H and O–H groups in total. The molecule has 6 heteroatoms. The lowest BCUT2D eigenvalue weighted by Gasteiger charge is -2.12. The van der Waals surface area contributed by atoms with Crippen molar-refractivity contribution in [2.75, 3.05) is 11.9 Å². The van der Waals surface area contributed by atoms with E-state index in [4.69, 9.17) is 22.7 Å². The van der Waals surface area contributed by atoms with E-state index < -0.39 is 0 Å². The van der Waals surface area contributed by atoms with Crippen LogP contribution in [0.3, 0.4) is 0 Å². The van der Waals surface area contributed by atoms with Gasteiger partial charge in [-0.25, -0.2) is 0 Å². The number of anilines is 1. The lowest BCUT2D eigenvalue weighted by Crippen LogP contribution is -2.19. The highest BCUT2D eigenvalue weighted by Gasteiger charge is 2.09. The summed E-state index contributed by atoms with van der Waals surface area (Å²) in [5.74, 6) is 0.310. The predicted octanol–water partition coefficient (Wildman–Crippen LogP) is 3.37. The fourth-order valence-electron chi connectivity index (χ4n) is 1.64. The Morgan fingerprint density at radius 2 is 1.86 bits per heavy atom. The first-order valence-corrected chi connectivity index (χ1v) is 7.33. The second-order valence-electron chi connectivity index (χ2n) is 4.21. The van der Waals surface area contributed by atoms with Gasteiger partial charge < -0.3 is 15.8 Å². The Balaban J connectivity index is 2.13. The van der Waals surface area contributed by atoms with E-state index in [1.54, 1.807) is 24.3 Å². The summed E-state index contributed by atoms with van der Waals surface area (Å²) in [7, 11) is 0. The van der Waals surface area contributed by atoms with Crippen molar-refractivity contribution in [3.8, 4) is 5.75 Å². The minimum Gasteiger partial charge on any atom is -0.484 e. The number of hydrogen-bond donors (Lipinski definition) is 2. The largest absolute Gasteiger partial charge is 0.484 e. The molecule has 108 valence electrons. The summed E-state index contributed by atoms with van der Waals surface area (Å²) in [6.07, 6.45) is 0. The van der Waals surface area contributed by atoms with E-state index in [0.29, 0.717) is 17.0 Å². The summed E-state index contributed by atoms with van der Waals surface area (Å²) in [4.78, 5) is 12.4. The third kappa shape index (κ3) is 4.54. The van der Waals surface area contributed by atoms with Gasteiger partial charge in [0.1, 0.15) is 17.3 Å². The van der Waals surface area contributed by atoms with E-state index in [1.165, 1.54) is 0 Å². The number of rotatable bonds is 5. The van der Waals surface area contributed by atoms with Crippen molar-refractivity contribution >= 4 is 44.7 Å². The normalized spacial score (nSPS) is 9.95. The highest BCUT2D eigenvalue weighted by atomic mass is 79.9. The summed E-state index contributed by atoms with van der Waals surface area (Å²) >= 11 is 8.11. The number of hydrogen-bond acceptors (Lipinski definition) is 3. The Labute approximate surface area is 136 Å². The summed E-state index contributed by atoms with van der Waals surface area (Å²) in [5, 5.41) is 2.81. The lowest BCUT2D eigenvalue weighted by molar-refractivity contribution is 0.102. The second-order valence-corrected chi connectivity index (χ2v) is 5.65. The monoisotopic (exact) mass is 364 g/mol. The van der Waals surface area contributed by atoms with Crippen molar-refractivity contribution in [2.45, 2.75) is 0 Å². The summed E-state index contributed by atoms with van der Waals surface area (Å²) in [6, 6.07) is 14.2. The summed E-state index contributed by atoms with van der Waals surface area (Å²) in [5.41, 5.74) is 6.54. The molecule has 0 heterocycles. The molecule has 2 aromatic rings. The van der Waals surface area contributed by atoms with Crippen molar-refractivity contribution in [1.29, 1.82) is 0 Å². The van der Waals surface area contributed by atoms with Gasteiger partial charge in [-0.2, -0.15) is 0 Å². The van der Waals surface area contributed by atoms with Crippen molar-refractivity contribution < 1.29 is 9.53 Å². The van der Waals surface area contributed by atoms with Crippen LogP contribution in [0.15, 0.2) is 53.0 Å². The SMILES string of the molecule is NC(=S)COc1ccccc1NC(=O)c1ccc(Br)cc1. The number of halogens is 1. The first kappa shape index (κ1) is 15.5. The van der Waals surface area contributed by atoms with Crippen molar-refractivity contribution in [1.82, 2.24) is 0 Å². The average Bonchev–Trinajstić information content (AvgIpc) is 2.47. The van der Waals surface area contributed by atoms with Gasteiger partial charge >= 0.3 is 0 Å². The third-order valence-corrected chi connectivity index (χ3v) is 3.26. The van der Waals surface area contributed by atoms with Crippen LogP contribution in [0, 0.1) is 0 Å². The van der Waals surface area contributed by atoms with Crippen LogP contribution >= 0.6 is 28.1 Å². The maximum absolute atomic E-state index is 12.2. The smallest absolute Gasteiger partial charge is 0.255 e. The number of benzene rings is 2. The van der Waals surface area contributed by atoms with Gasteiger partial charge in [0.2, 0.25) is 0 Å². The molecule has 0 aliphatic carbocycles. The van der Waals surface area contributed by atoms with Crippen molar-refractivity contribution in [3.63, 3.8) is 0 Å². The Kier molecular flexibility index (Phi) is 5.30. The molecule has 0 spiro atoms. The van der Waals surface area contributed by atoms with Gasteiger partial charge in [-0.3, -0.25) is 4.79 Å². The molecule has 0 radical (unpaired) electrons. The first-order valence-electron chi connectivity index (χ1n) is 6.13. The maximum Gasteiger partial charge on any atom is 0.255 e. The third-order valence-electron chi connectivity index (χ3n) is 2.61. The number of para-hydroxylation sites is 2. The lowest BCUT2D eigenvalue weighted by atomic mass is 10.2. The molecule has 0 unspecified atom stereocenters. The Bertz CT molecular complexity index is 659. The predicted molar refractivity (Wildman–Crippen MR) is 90.8 cm³/mol. The Morgan fingerprint density at radius 3 is 2.52 bits per heavy atom. The summed E-state index contributed by atoms with van der Waals surface area (Å²) in [6.45, 7) is 0.125. The molecular weight excluding hydrogens is 352 g/mol. The summed E-state index contributed by atoms with van der Waals surface area (Å²) < 4.78 is 6.38. The molecule has 0 saturated carbocycles. The van der Waals surface area contributed by atoms with Gasteiger partial charge in [-0.1, -0.05) is 40.3 Å². The van der Waals surface area contributed by atoms with Crippen molar-refractivity contribution in [2.24, 2.45) is 5.73 Å². The molecule has 0 bridgehead atoms. The first-order chi connectivity index (χ1) is 10.1. The van der Waals surface area contributed by atoms with E-state index in [0.717, 1.165) is 4.47 Å². The number of carbonyl (C=O) groups excluding carboxylic acids is 1. The van der Waals surface area contributed by atoms with Gasteiger partial charge in [-0.05, 0) is 36.4 Å². The van der Waals surface area contributed by atoms with E-state index in [1.807, 2.05) is 24.3 Å². The Hall–Kier alpha value is -1.92. The Morgan fingerprint density at radius 1 is 1.19 bits per heavy atom. The number of thiocarbonyl (C=S) groups is 1. The minimum absolute atomic E-state index is 0.125. The number of amides is 1. The molecule has 1 amide bonds. The fourth-order valence-corrected chi connectivity index (χ4v) is 1.96. The standard InChI is InChI=1S/C15H13BrN2O2S/c16-11-7-5-10(6-8-11)15(19)18-12-3-1-2-4-13(12)20-9-14(17)21/h1-8H,9H2,(H2,17,21)(H,18,19). The second kappa shape index (κ2) is 7.19. The minimum atomic E-state index is -0.214. The molecule has 4 nitrogen and oxygen atoms in total. The molecule has 0 aromatic heterocycles. The number of carbonyl (C=O) groups is 1. The molecule has 0 saturated heterocycles. The van der Waals surface area contributed by atoms with Crippen molar-refractivity contribution in [3.05, 3.63) is 58.6 Å². The topological polar surface area (TPSA) is 64.3 Å². The van der Waals surface area contributed by atoms with Crippen LogP contribution in [0.5, 0.6) is 5.75 Å². The molecule has 2 aromatic carbocycles. The average molecular weight is 365 g/mol. The van der Waals surface area contributed by atoms with Crippen LogP contribution in [-0.2, 0) is 0 Å². The zero-order valence-electron chi connectivity index (χ0n) is 11.0. The van der Waals surface area contributed by atoms with Crippen LogP contribution < -0.4 is 15.8 Å². The van der Waals surface area contributed by atoms with Gasteiger partial charge in [0.25, 0.3) is 5.91 Å². The maximum atomic E-state index is 12.2. The van der Waals surface area contributed by atoms with E-state index in [9.17, 15) is 4.79 Å². The fraction of sp³-hybridized carbons (Fsp3) is 0.0667. The van der Waals surface area contributed by atoms with Crippen LogP contribution in [-0.4, -0.2) is 17.5 Å². The molecular formula is C15H13BrN2O2S. The van der Waals surface area contributed by atoms with Gasteiger partial charge in [0.05, 0.1) is 5.69 Å². The van der Waals surface area contributed by atoms with E-state index >= 15 is 0 Å². The van der Waals surface area contributed by atoms with Crippen LogP contribution in [0.1, 0.15) is 10.4 Å². The van der Waals surface area contributed by atoms with Crippen LogP contribution in [0.25, 0.3) is 0 Å². The van der Waals surface area contributed by atoms with Gasteiger partial charge in [-0.15, -0.1) is 0 Å². The molecule has 0 aliphatic rings. The van der Waals surface area contributed by atoms with Crippen LogP contribution in [0.2, 0.25) is 0 Å². The van der Waals surface area contributed by atoms with E-state index in [-0.39, 0.29) is 17.5 Å². The zero-order valence-corrected chi connectivity index (χ0v) is 13.4. The van der Waals surface area contributed by atoms with E-state index in [2.05, 4.69) is 21.2 Å². The highest BCUT2D eigenvalue weighted by molar-refractivity contribution is 9.10. The zero-order chi connectivity index (χ0) is 15.2. The molecule has 2 rings (SSSR count). The number of ether oxygens (including phenoxy) is 1. The molecule has 0 fully saturated rings. The molecule has 0 atom stereocenters. The van der Waals surface area contributed by atoms with Gasteiger partial charge in [0.15, 0.2) is 0 Å². The highest BCUT2D eigenvalue weighted by Crippen LogP contribution is 2.24. The van der Waals surface area contributed by atoms with Crippen LogP contribution in [0.4, 0.5) is 5.69 Å². The quantitative estimate of drug-likeness (QED) is 0.798. The number of nitrogens with one attached hydrogen (secondary N) is 1. The molecule has 0 aliphatic heterocycles. The van der Waals surface area contributed by atoms with Gasteiger partial charge in [0, 0.05) is 10.0 Å². The molecule has 21 heavy (non-hydrogen) atoms. The number of nitrogens with two attached hydrogens (primary N) is 1.